The zero-order chi connectivity index (χ0) is 13.8. The molecule has 0 saturated heterocycles. The van der Waals surface area contributed by atoms with Crippen molar-refractivity contribution < 1.29 is 21.6 Å². The van der Waals surface area contributed by atoms with Gasteiger partial charge >= 0.3 is 6.18 Å². The minimum atomic E-state index is -4.26. The van der Waals surface area contributed by atoms with E-state index in [1.807, 2.05) is 0 Å². The molecule has 0 heterocycles. The lowest BCUT2D eigenvalue weighted by atomic mass is 10.3. The van der Waals surface area contributed by atoms with Crippen LogP contribution in [0, 0.1) is 0 Å². The van der Waals surface area contributed by atoms with Gasteiger partial charge < -0.3 is 0 Å². The molecular formula is C10H11BrF3NO2S. The normalized spacial score (nSPS) is 12.7. The Morgan fingerprint density at radius 2 is 1.72 bits per heavy atom. The van der Waals surface area contributed by atoms with Gasteiger partial charge in [-0.2, -0.15) is 13.2 Å². The van der Waals surface area contributed by atoms with Crippen molar-refractivity contribution in [2.75, 3.05) is 6.54 Å². The Hall–Kier alpha value is -0.600. The molecule has 0 bridgehead atoms. The molecule has 18 heavy (non-hydrogen) atoms. The molecule has 0 spiro atoms. The number of halogens is 4. The van der Waals surface area contributed by atoms with Crippen LogP contribution in [0.25, 0.3) is 0 Å². The van der Waals surface area contributed by atoms with E-state index in [1.165, 1.54) is 12.1 Å². The largest absolute Gasteiger partial charge is 0.389 e. The molecule has 0 aliphatic rings. The molecule has 0 unspecified atom stereocenters. The summed E-state index contributed by atoms with van der Waals surface area (Å²) in [6.07, 6.45) is -5.54. The van der Waals surface area contributed by atoms with Gasteiger partial charge in [0.1, 0.15) is 0 Å². The predicted octanol–water partition coefficient (Wildman–Crippen LogP) is 3.07. The molecule has 0 fully saturated rings. The highest BCUT2D eigenvalue weighted by Gasteiger charge is 2.26. The summed E-state index contributed by atoms with van der Waals surface area (Å²) in [5.74, 6) is 0. The lowest BCUT2D eigenvalue weighted by molar-refractivity contribution is -0.135. The van der Waals surface area contributed by atoms with Crippen molar-refractivity contribution >= 4 is 26.0 Å². The number of nitrogens with one attached hydrogen (secondary N) is 1. The Morgan fingerprint density at radius 3 is 2.22 bits per heavy atom. The number of alkyl halides is 3. The zero-order valence-electron chi connectivity index (χ0n) is 9.17. The quantitative estimate of drug-likeness (QED) is 0.833. The molecule has 1 N–H and O–H groups in total. The molecule has 0 saturated carbocycles. The fourth-order valence-electron chi connectivity index (χ4n) is 1.19. The summed E-state index contributed by atoms with van der Waals surface area (Å²) in [7, 11) is -3.73. The van der Waals surface area contributed by atoms with Gasteiger partial charge in [0.25, 0.3) is 0 Å². The second-order valence-electron chi connectivity index (χ2n) is 3.57. The predicted molar refractivity (Wildman–Crippen MR) is 64.6 cm³/mol. The second kappa shape index (κ2) is 6.03. The van der Waals surface area contributed by atoms with Crippen LogP contribution < -0.4 is 4.72 Å². The molecule has 0 aliphatic carbocycles. The Labute approximate surface area is 112 Å². The number of hydrogen-bond donors (Lipinski definition) is 1. The summed E-state index contributed by atoms with van der Waals surface area (Å²) in [6.45, 7) is -0.238. The van der Waals surface area contributed by atoms with Gasteiger partial charge in [0.05, 0.1) is 4.90 Å². The molecule has 1 aromatic carbocycles. The zero-order valence-corrected chi connectivity index (χ0v) is 11.6. The van der Waals surface area contributed by atoms with Crippen LogP contribution in [0.5, 0.6) is 0 Å². The van der Waals surface area contributed by atoms with Crippen molar-refractivity contribution in [3.05, 3.63) is 28.7 Å². The summed E-state index contributed by atoms with van der Waals surface area (Å²) in [4.78, 5) is 0.0257. The van der Waals surface area contributed by atoms with Crippen molar-refractivity contribution in [3.8, 4) is 0 Å². The Kier molecular flexibility index (Phi) is 5.18. The van der Waals surface area contributed by atoms with E-state index in [0.29, 0.717) is 0 Å². The molecule has 1 rings (SSSR count). The smallest absolute Gasteiger partial charge is 0.211 e. The van der Waals surface area contributed by atoms with Crippen LogP contribution in [0.2, 0.25) is 0 Å². The maximum Gasteiger partial charge on any atom is 0.389 e. The standard InChI is InChI=1S/C10H11BrF3NO2S/c11-8-2-4-9(5-3-8)18(16,17)15-7-1-6-10(12,13)14/h2-5,15H,1,6-7H2. The lowest BCUT2D eigenvalue weighted by Gasteiger charge is -2.08. The van der Waals surface area contributed by atoms with Crippen molar-refractivity contribution in [1.29, 1.82) is 0 Å². The van der Waals surface area contributed by atoms with Crippen molar-refractivity contribution in [2.24, 2.45) is 0 Å². The summed E-state index contributed by atoms with van der Waals surface area (Å²) in [6, 6.07) is 5.83. The van der Waals surface area contributed by atoms with Crippen LogP contribution >= 0.6 is 15.9 Å². The minimum absolute atomic E-state index is 0.0257. The van der Waals surface area contributed by atoms with Crippen LogP contribution in [0.1, 0.15) is 12.8 Å². The monoisotopic (exact) mass is 345 g/mol. The number of hydrogen-bond acceptors (Lipinski definition) is 2. The Balaban J connectivity index is 2.53. The maximum atomic E-state index is 11.9. The molecule has 0 aliphatic heterocycles. The molecular weight excluding hydrogens is 335 g/mol. The summed E-state index contributed by atoms with van der Waals surface area (Å²) in [5.41, 5.74) is 0. The topological polar surface area (TPSA) is 46.2 Å². The van der Waals surface area contributed by atoms with Gasteiger partial charge in [0, 0.05) is 17.4 Å². The van der Waals surface area contributed by atoms with Crippen molar-refractivity contribution in [2.45, 2.75) is 23.9 Å². The van der Waals surface area contributed by atoms with E-state index in [-0.39, 0.29) is 17.9 Å². The molecule has 3 nitrogen and oxygen atoms in total. The summed E-state index contributed by atoms with van der Waals surface area (Å²) in [5, 5.41) is 0. The van der Waals surface area contributed by atoms with E-state index in [0.717, 1.165) is 4.47 Å². The van der Waals surface area contributed by atoms with E-state index in [2.05, 4.69) is 20.7 Å². The van der Waals surface area contributed by atoms with Crippen LogP contribution in [0.4, 0.5) is 13.2 Å². The van der Waals surface area contributed by atoms with Gasteiger partial charge in [-0.05, 0) is 30.7 Å². The van der Waals surface area contributed by atoms with Gasteiger partial charge in [-0.1, -0.05) is 15.9 Å². The third-order valence-corrected chi connectivity index (χ3v) is 4.06. The lowest BCUT2D eigenvalue weighted by Crippen LogP contribution is -2.25. The van der Waals surface area contributed by atoms with E-state index >= 15 is 0 Å². The average Bonchev–Trinajstić information content (AvgIpc) is 2.24. The summed E-state index contributed by atoms with van der Waals surface area (Å²) >= 11 is 3.16. The van der Waals surface area contributed by atoms with Gasteiger partial charge in [0.15, 0.2) is 0 Å². The van der Waals surface area contributed by atoms with Gasteiger partial charge in [0.2, 0.25) is 10.0 Å². The van der Waals surface area contributed by atoms with Gasteiger partial charge in [-0.15, -0.1) is 0 Å². The highest BCUT2D eigenvalue weighted by atomic mass is 79.9. The van der Waals surface area contributed by atoms with E-state index in [4.69, 9.17) is 0 Å². The van der Waals surface area contributed by atoms with Crippen LogP contribution in [-0.2, 0) is 10.0 Å². The van der Waals surface area contributed by atoms with Gasteiger partial charge in [-0.25, -0.2) is 13.1 Å². The van der Waals surface area contributed by atoms with Crippen molar-refractivity contribution in [3.63, 3.8) is 0 Å². The van der Waals surface area contributed by atoms with Crippen LogP contribution in [-0.4, -0.2) is 21.1 Å². The first-order chi connectivity index (χ1) is 8.21. The average molecular weight is 346 g/mol. The number of rotatable bonds is 5. The first kappa shape index (κ1) is 15.5. The third kappa shape index (κ3) is 5.36. The molecule has 0 aromatic heterocycles. The first-order valence-electron chi connectivity index (χ1n) is 5.03. The molecule has 102 valence electrons. The van der Waals surface area contributed by atoms with Gasteiger partial charge in [-0.3, -0.25) is 0 Å². The van der Waals surface area contributed by atoms with E-state index in [1.54, 1.807) is 12.1 Å². The Morgan fingerprint density at radius 1 is 1.17 bits per heavy atom. The molecule has 8 heteroatoms. The molecule has 0 atom stereocenters. The third-order valence-electron chi connectivity index (χ3n) is 2.05. The molecule has 0 amide bonds. The summed E-state index contributed by atoms with van der Waals surface area (Å²) < 4.78 is 61.7. The fourth-order valence-corrected chi connectivity index (χ4v) is 2.53. The van der Waals surface area contributed by atoms with E-state index in [9.17, 15) is 21.6 Å². The molecule has 1 aromatic rings. The number of sulfonamides is 1. The fraction of sp³-hybridized carbons (Fsp3) is 0.400. The maximum absolute atomic E-state index is 11.9. The molecule has 0 radical (unpaired) electrons. The minimum Gasteiger partial charge on any atom is -0.211 e. The first-order valence-corrected chi connectivity index (χ1v) is 7.30. The number of benzene rings is 1. The highest BCUT2D eigenvalue weighted by Crippen LogP contribution is 2.21. The van der Waals surface area contributed by atoms with Crippen LogP contribution in [0.3, 0.4) is 0 Å². The highest BCUT2D eigenvalue weighted by molar-refractivity contribution is 9.10. The van der Waals surface area contributed by atoms with E-state index < -0.39 is 22.6 Å². The second-order valence-corrected chi connectivity index (χ2v) is 6.25. The van der Waals surface area contributed by atoms with Crippen molar-refractivity contribution in [1.82, 2.24) is 4.72 Å². The Bertz CT molecular complexity index is 485. The van der Waals surface area contributed by atoms with Crippen LogP contribution in [0.15, 0.2) is 33.6 Å². The SMILES string of the molecule is O=S(=O)(NCCCC(F)(F)F)c1ccc(Br)cc1.